The van der Waals surface area contributed by atoms with E-state index in [0.717, 1.165) is 25.7 Å². The third-order valence-electron chi connectivity index (χ3n) is 8.74. The van der Waals surface area contributed by atoms with Crippen LogP contribution in [0.4, 0.5) is 0 Å². The highest BCUT2D eigenvalue weighted by Crippen LogP contribution is 2.15. The molecule has 0 saturated heterocycles. The van der Waals surface area contributed by atoms with Crippen LogP contribution >= 0.6 is 0 Å². The predicted octanol–water partition coefficient (Wildman–Crippen LogP) is 13.8. The third kappa shape index (κ3) is 48.1. The van der Waals surface area contributed by atoms with E-state index in [1.807, 2.05) is 0 Å². The fourth-order valence-corrected chi connectivity index (χ4v) is 5.83. The molecule has 0 unspecified atom stereocenters. The van der Waals surface area contributed by atoms with E-state index in [0.29, 0.717) is 12.8 Å². The standard InChI is InChI=1S/C20H40O2.C19H38O2/c1-2-3-4-5-6-7-8-9-10-11-12-13-14-15-16-17-18-19-20(21)22;1-2-3-4-5-6-7-8-9-10-11-12-13-14-15-16-17-18-19(20)21/h2-19H2,1H3,(H,21,22);2-18H2,1H3,(H,20,21). The highest BCUT2D eigenvalue weighted by Gasteiger charge is 1.98. The topological polar surface area (TPSA) is 74.6 Å². The van der Waals surface area contributed by atoms with Crippen molar-refractivity contribution in [2.75, 3.05) is 0 Å². The van der Waals surface area contributed by atoms with Crippen molar-refractivity contribution in [2.45, 2.75) is 239 Å². The number of unbranched alkanes of at least 4 members (excludes halogenated alkanes) is 31. The van der Waals surface area contributed by atoms with Gasteiger partial charge in [-0.2, -0.15) is 0 Å². The second kappa shape index (κ2) is 40.9. The molecule has 0 aliphatic rings. The Balaban J connectivity index is 0. The van der Waals surface area contributed by atoms with Crippen LogP contribution in [0.5, 0.6) is 0 Å². The highest BCUT2D eigenvalue weighted by atomic mass is 16.4. The minimum atomic E-state index is -0.652. The van der Waals surface area contributed by atoms with Crippen molar-refractivity contribution < 1.29 is 19.8 Å². The van der Waals surface area contributed by atoms with Gasteiger partial charge in [0.05, 0.1) is 0 Å². The summed E-state index contributed by atoms with van der Waals surface area (Å²) in [5.74, 6) is -1.30. The molecular weight excluding hydrogens is 532 g/mol. The van der Waals surface area contributed by atoms with Crippen molar-refractivity contribution in [1.82, 2.24) is 0 Å². The molecule has 0 spiro atoms. The molecule has 2 N–H and O–H groups in total. The zero-order valence-electron chi connectivity index (χ0n) is 29.5. The van der Waals surface area contributed by atoms with Crippen LogP contribution in [0.15, 0.2) is 0 Å². The van der Waals surface area contributed by atoms with E-state index in [4.69, 9.17) is 10.2 Å². The number of carbonyl (C=O) groups is 2. The number of carboxylic acids is 2. The van der Waals surface area contributed by atoms with E-state index in [-0.39, 0.29) is 0 Å². The van der Waals surface area contributed by atoms with Crippen LogP contribution in [0.3, 0.4) is 0 Å². The van der Waals surface area contributed by atoms with Gasteiger partial charge in [-0.3, -0.25) is 9.59 Å². The molecular formula is C39H78O4. The number of aliphatic carboxylic acids is 2. The fourth-order valence-electron chi connectivity index (χ4n) is 5.83. The molecule has 4 heteroatoms. The highest BCUT2D eigenvalue weighted by molar-refractivity contribution is 5.66. The first-order valence-corrected chi connectivity index (χ1v) is 19.5. The second-order valence-corrected chi connectivity index (χ2v) is 13.2. The summed E-state index contributed by atoms with van der Waals surface area (Å²) in [6, 6.07) is 0. The van der Waals surface area contributed by atoms with Gasteiger partial charge in [0, 0.05) is 12.8 Å². The van der Waals surface area contributed by atoms with Crippen molar-refractivity contribution in [3.63, 3.8) is 0 Å². The molecule has 0 aromatic rings. The average Bonchev–Trinajstić information content (AvgIpc) is 2.98. The zero-order valence-corrected chi connectivity index (χ0v) is 29.5. The van der Waals surface area contributed by atoms with Gasteiger partial charge in [0.25, 0.3) is 0 Å². The minimum Gasteiger partial charge on any atom is -0.481 e. The number of carboxylic acid groups (broad SMARTS) is 2. The Labute approximate surface area is 270 Å². The quantitative estimate of drug-likeness (QED) is 0.0700. The summed E-state index contributed by atoms with van der Waals surface area (Å²) in [4.78, 5) is 20.7. The summed E-state index contributed by atoms with van der Waals surface area (Å²) in [7, 11) is 0. The predicted molar refractivity (Wildman–Crippen MR) is 188 cm³/mol. The average molecular weight is 611 g/mol. The molecule has 0 amide bonds. The first kappa shape index (κ1) is 44.1. The molecule has 0 rings (SSSR count). The van der Waals surface area contributed by atoms with Crippen LogP contribution in [0, 0.1) is 0 Å². The molecule has 0 aromatic carbocycles. The number of rotatable bonds is 35. The van der Waals surface area contributed by atoms with Crippen LogP contribution in [0.1, 0.15) is 239 Å². The molecule has 4 nitrogen and oxygen atoms in total. The summed E-state index contributed by atoms with van der Waals surface area (Å²) in [6.45, 7) is 4.55. The van der Waals surface area contributed by atoms with Crippen molar-refractivity contribution in [1.29, 1.82) is 0 Å². The molecule has 0 aliphatic heterocycles. The lowest BCUT2D eigenvalue weighted by Crippen LogP contribution is -1.93. The van der Waals surface area contributed by atoms with Gasteiger partial charge in [-0.1, -0.05) is 213 Å². The smallest absolute Gasteiger partial charge is 0.303 e. The SMILES string of the molecule is CCCCCCCCCCCCCCCCCCC(=O)O.CCCCCCCCCCCCCCCCCCCC(=O)O. The molecule has 0 radical (unpaired) electrons. The lowest BCUT2D eigenvalue weighted by atomic mass is 10.0. The Kier molecular flexibility index (Phi) is 42.0. The van der Waals surface area contributed by atoms with Crippen molar-refractivity contribution >= 4 is 11.9 Å². The van der Waals surface area contributed by atoms with Gasteiger partial charge in [-0.15, -0.1) is 0 Å². The molecule has 0 heterocycles. The molecule has 0 aliphatic carbocycles. The fraction of sp³-hybridized carbons (Fsp3) is 0.949. The largest absolute Gasteiger partial charge is 0.481 e. The summed E-state index contributed by atoms with van der Waals surface area (Å²) in [5.41, 5.74) is 0. The Bertz CT molecular complexity index is 533. The summed E-state index contributed by atoms with van der Waals surface area (Å²) < 4.78 is 0. The van der Waals surface area contributed by atoms with Gasteiger partial charge in [0.15, 0.2) is 0 Å². The summed E-state index contributed by atoms with van der Waals surface area (Å²) in [6.07, 6.45) is 44.8. The van der Waals surface area contributed by atoms with Gasteiger partial charge in [0.2, 0.25) is 0 Å². The molecule has 43 heavy (non-hydrogen) atoms. The van der Waals surface area contributed by atoms with Gasteiger partial charge in [-0.25, -0.2) is 0 Å². The molecule has 0 bridgehead atoms. The molecule has 258 valence electrons. The third-order valence-corrected chi connectivity index (χ3v) is 8.74. The molecule has 0 saturated carbocycles. The lowest BCUT2D eigenvalue weighted by molar-refractivity contribution is -0.138. The number of hydrogen-bond donors (Lipinski definition) is 2. The van der Waals surface area contributed by atoms with E-state index in [1.54, 1.807) is 0 Å². The van der Waals surface area contributed by atoms with Crippen LogP contribution in [0.25, 0.3) is 0 Å². The lowest BCUT2D eigenvalue weighted by Gasteiger charge is -2.03. The Morgan fingerprint density at radius 3 is 0.558 bits per heavy atom. The zero-order chi connectivity index (χ0) is 31.9. The van der Waals surface area contributed by atoms with Gasteiger partial charge in [-0.05, 0) is 12.8 Å². The van der Waals surface area contributed by atoms with Gasteiger partial charge < -0.3 is 10.2 Å². The second-order valence-electron chi connectivity index (χ2n) is 13.2. The molecule has 0 aromatic heterocycles. The van der Waals surface area contributed by atoms with Crippen molar-refractivity contribution in [2.24, 2.45) is 0 Å². The maximum atomic E-state index is 10.4. The normalized spacial score (nSPS) is 10.9. The summed E-state index contributed by atoms with van der Waals surface area (Å²) in [5, 5.41) is 17.1. The van der Waals surface area contributed by atoms with E-state index < -0.39 is 11.9 Å². The van der Waals surface area contributed by atoms with E-state index in [1.165, 1.54) is 186 Å². The van der Waals surface area contributed by atoms with Crippen molar-refractivity contribution in [3.05, 3.63) is 0 Å². The monoisotopic (exact) mass is 611 g/mol. The Hall–Kier alpha value is -1.06. The summed E-state index contributed by atoms with van der Waals surface area (Å²) >= 11 is 0. The van der Waals surface area contributed by atoms with Crippen molar-refractivity contribution in [3.8, 4) is 0 Å². The Morgan fingerprint density at radius 1 is 0.279 bits per heavy atom. The van der Waals surface area contributed by atoms with Gasteiger partial charge in [0.1, 0.15) is 0 Å². The van der Waals surface area contributed by atoms with Crippen LogP contribution in [0.2, 0.25) is 0 Å². The first-order chi connectivity index (χ1) is 21.0. The molecule has 0 fully saturated rings. The van der Waals surface area contributed by atoms with Crippen LogP contribution < -0.4 is 0 Å². The van der Waals surface area contributed by atoms with Gasteiger partial charge >= 0.3 is 11.9 Å². The maximum absolute atomic E-state index is 10.4. The van der Waals surface area contributed by atoms with Crippen LogP contribution in [-0.4, -0.2) is 22.2 Å². The molecule has 0 atom stereocenters. The number of hydrogen-bond acceptors (Lipinski definition) is 2. The van der Waals surface area contributed by atoms with Crippen LogP contribution in [-0.2, 0) is 9.59 Å². The van der Waals surface area contributed by atoms with E-state index in [9.17, 15) is 9.59 Å². The van der Waals surface area contributed by atoms with E-state index in [2.05, 4.69) is 13.8 Å². The Morgan fingerprint density at radius 2 is 0.419 bits per heavy atom. The maximum Gasteiger partial charge on any atom is 0.303 e. The van der Waals surface area contributed by atoms with E-state index >= 15 is 0 Å². The first-order valence-electron chi connectivity index (χ1n) is 19.5. The minimum absolute atomic E-state index is 0.346.